The van der Waals surface area contributed by atoms with E-state index in [9.17, 15) is 4.79 Å². The van der Waals surface area contributed by atoms with Gasteiger partial charge < -0.3 is 10.5 Å². The van der Waals surface area contributed by atoms with E-state index in [1.54, 1.807) is 6.08 Å². The Morgan fingerprint density at radius 3 is 2.91 bits per heavy atom. The van der Waals surface area contributed by atoms with Gasteiger partial charge in [0, 0.05) is 6.04 Å². The molecule has 0 heterocycles. The van der Waals surface area contributed by atoms with Crippen molar-refractivity contribution in [1.82, 2.24) is 0 Å². The monoisotopic (exact) mass is 157 g/mol. The second-order valence-electron chi connectivity index (χ2n) is 2.41. The zero-order chi connectivity index (χ0) is 8.69. The molecule has 0 aromatic rings. The van der Waals surface area contributed by atoms with Crippen LogP contribution in [0.25, 0.3) is 0 Å². The standard InChI is InChI=1S/C8H15NO2/c1-3-4-5-7(9)6-8(10)11-2/h3,7H,1,4-6,9H2,2H3. The van der Waals surface area contributed by atoms with Crippen molar-refractivity contribution in [3.63, 3.8) is 0 Å². The van der Waals surface area contributed by atoms with Crippen LogP contribution in [0.4, 0.5) is 0 Å². The van der Waals surface area contributed by atoms with Gasteiger partial charge in [0.05, 0.1) is 13.5 Å². The third kappa shape index (κ3) is 5.61. The molecule has 1 atom stereocenters. The predicted molar refractivity (Wildman–Crippen MR) is 44.0 cm³/mol. The molecule has 0 saturated carbocycles. The molecule has 1 unspecified atom stereocenters. The Balaban J connectivity index is 3.42. The number of carbonyl (C=O) groups is 1. The van der Waals surface area contributed by atoms with Crippen LogP contribution < -0.4 is 5.73 Å². The topological polar surface area (TPSA) is 52.3 Å². The Hall–Kier alpha value is -0.830. The smallest absolute Gasteiger partial charge is 0.307 e. The lowest BCUT2D eigenvalue weighted by Crippen LogP contribution is -2.24. The van der Waals surface area contributed by atoms with E-state index >= 15 is 0 Å². The fourth-order valence-corrected chi connectivity index (χ4v) is 0.731. The molecule has 64 valence electrons. The second kappa shape index (κ2) is 5.92. The Labute approximate surface area is 67.2 Å². The molecule has 0 aromatic carbocycles. The van der Waals surface area contributed by atoms with Crippen molar-refractivity contribution in [3.8, 4) is 0 Å². The summed E-state index contributed by atoms with van der Waals surface area (Å²) in [6, 6.07) is -0.0968. The van der Waals surface area contributed by atoms with Crippen molar-refractivity contribution in [2.75, 3.05) is 7.11 Å². The average Bonchev–Trinajstić information content (AvgIpc) is 2.00. The van der Waals surface area contributed by atoms with Gasteiger partial charge in [-0.25, -0.2) is 0 Å². The Morgan fingerprint density at radius 2 is 2.45 bits per heavy atom. The van der Waals surface area contributed by atoms with E-state index in [0.717, 1.165) is 12.8 Å². The van der Waals surface area contributed by atoms with E-state index in [0.29, 0.717) is 6.42 Å². The highest BCUT2D eigenvalue weighted by Crippen LogP contribution is 2.00. The summed E-state index contributed by atoms with van der Waals surface area (Å²) < 4.78 is 4.46. The van der Waals surface area contributed by atoms with Gasteiger partial charge in [-0.3, -0.25) is 4.79 Å². The number of hydrogen-bond donors (Lipinski definition) is 1. The molecule has 11 heavy (non-hydrogen) atoms. The number of nitrogens with two attached hydrogens (primary N) is 1. The molecule has 0 aliphatic carbocycles. The molecule has 2 N–H and O–H groups in total. The summed E-state index contributed by atoms with van der Waals surface area (Å²) in [5.74, 6) is -0.249. The molecule has 0 radical (unpaired) electrons. The van der Waals surface area contributed by atoms with Crippen LogP contribution >= 0.6 is 0 Å². The van der Waals surface area contributed by atoms with E-state index in [1.165, 1.54) is 7.11 Å². The second-order valence-corrected chi connectivity index (χ2v) is 2.41. The van der Waals surface area contributed by atoms with Crippen LogP contribution in [0.1, 0.15) is 19.3 Å². The number of allylic oxidation sites excluding steroid dienone is 1. The molecular formula is C8H15NO2. The minimum atomic E-state index is -0.249. The van der Waals surface area contributed by atoms with Gasteiger partial charge in [-0.15, -0.1) is 6.58 Å². The summed E-state index contributed by atoms with van der Waals surface area (Å²) in [4.78, 5) is 10.7. The molecule has 0 aliphatic heterocycles. The maximum Gasteiger partial charge on any atom is 0.307 e. The number of rotatable bonds is 5. The number of methoxy groups -OCH3 is 1. The van der Waals surface area contributed by atoms with Crippen molar-refractivity contribution < 1.29 is 9.53 Å². The summed E-state index contributed by atoms with van der Waals surface area (Å²) in [7, 11) is 1.36. The van der Waals surface area contributed by atoms with Crippen molar-refractivity contribution in [1.29, 1.82) is 0 Å². The quantitative estimate of drug-likeness (QED) is 0.475. The van der Waals surface area contributed by atoms with Gasteiger partial charge >= 0.3 is 5.97 Å². The lowest BCUT2D eigenvalue weighted by atomic mass is 10.1. The summed E-state index contributed by atoms with van der Waals surface area (Å²) in [6.45, 7) is 3.56. The van der Waals surface area contributed by atoms with E-state index in [4.69, 9.17) is 5.73 Å². The first-order chi connectivity index (χ1) is 5.20. The van der Waals surface area contributed by atoms with E-state index in [1.807, 2.05) is 0 Å². The lowest BCUT2D eigenvalue weighted by molar-refractivity contribution is -0.141. The number of hydrogen-bond acceptors (Lipinski definition) is 3. The normalized spacial score (nSPS) is 12.2. The minimum absolute atomic E-state index is 0.0968. The first kappa shape index (κ1) is 10.2. The molecule has 3 heteroatoms. The highest BCUT2D eigenvalue weighted by atomic mass is 16.5. The Kier molecular flexibility index (Phi) is 5.47. The summed E-state index contributed by atoms with van der Waals surface area (Å²) >= 11 is 0. The molecule has 3 nitrogen and oxygen atoms in total. The van der Waals surface area contributed by atoms with E-state index in [2.05, 4.69) is 11.3 Å². The highest BCUT2D eigenvalue weighted by Gasteiger charge is 2.07. The molecule has 0 aromatic heterocycles. The molecule has 0 saturated heterocycles. The van der Waals surface area contributed by atoms with Crippen molar-refractivity contribution in [3.05, 3.63) is 12.7 Å². The van der Waals surface area contributed by atoms with Crippen molar-refractivity contribution in [2.24, 2.45) is 5.73 Å². The van der Waals surface area contributed by atoms with Gasteiger partial charge in [0.1, 0.15) is 0 Å². The van der Waals surface area contributed by atoms with Gasteiger partial charge in [0.15, 0.2) is 0 Å². The highest BCUT2D eigenvalue weighted by molar-refractivity contribution is 5.69. The predicted octanol–water partition coefficient (Wildman–Crippen LogP) is 0.843. The van der Waals surface area contributed by atoms with Crippen LogP contribution in [-0.4, -0.2) is 19.1 Å². The first-order valence-corrected chi connectivity index (χ1v) is 3.64. The van der Waals surface area contributed by atoms with Crippen LogP contribution in [0.15, 0.2) is 12.7 Å². The van der Waals surface area contributed by atoms with Crippen LogP contribution in [0.5, 0.6) is 0 Å². The van der Waals surface area contributed by atoms with Crippen LogP contribution in [-0.2, 0) is 9.53 Å². The maximum absolute atomic E-state index is 10.7. The Bertz CT molecular complexity index is 134. The molecule has 0 rings (SSSR count). The van der Waals surface area contributed by atoms with Gasteiger partial charge in [-0.1, -0.05) is 6.08 Å². The third-order valence-corrected chi connectivity index (χ3v) is 1.40. The summed E-state index contributed by atoms with van der Waals surface area (Å²) in [5, 5.41) is 0. The SMILES string of the molecule is C=CCCC(N)CC(=O)OC. The summed E-state index contributed by atoms with van der Waals surface area (Å²) in [6.07, 6.45) is 3.72. The van der Waals surface area contributed by atoms with Gasteiger partial charge in [-0.2, -0.15) is 0 Å². The molecule has 0 bridgehead atoms. The minimum Gasteiger partial charge on any atom is -0.469 e. The first-order valence-electron chi connectivity index (χ1n) is 3.64. The lowest BCUT2D eigenvalue weighted by Gasteiger charge is -2.07. The van der Waals surface area contributed by atoms with Gasteiger partial charge in [0.25, 0.3) is 0 Å². The Morgan fingerprint density at radius 1 is 1.82 bits per heavy atom. The molecule has 0 amide bonds. The third-order valence-electron chi connectivity index (χ3n) is 1.40. The number of ether oxygens (including phenoxy) is 1. The average molecular weight is 157 g/mol. The van der Waals surface area contributed by atoms with Crippen molar-refractivity contribution >= 4 is 5.97 Å². The van der Waals surface area contributed by atoms with Crippen molar-refractivity contribution in [2.45, 2.75) is 25.3 Å². The van der Waals surface area contributed by atoms with Crippen LogP contribution in [0.3, 0.4) is 0 Å². The zero-order valence-electron chi connectivity index (χ0n) is 6.88. The van der Waals surface area contributed by atoms with Crippen LogP contribution in [0, 0.1) is 0 Å². The van der Waals surface area contributed by atoms with Gasteiger partial charge in [-0.05, 0) is 12.8 Å². The van der Waals surface area contributed by atoms with Crippen LogP contribution in [0.2, 0.25) is 0 Å². The van der Waals surface area contributed by atoms with Gasteiger partial charge in [0.2, 0.25) is 0 Å². The summed E-state index contributed by atoms with van der Waals surface area (Å²) in [5.41, 5.74) is 5.59. The fraction of sp³-hybridized carbons (Fsp3) is 0.625. The fourth-order valence-electron chi connectivity index (χ4n) is 0.731. The number of esters is 1. The van der Waals surface area contributed by atoms with E-state index < -0.39 is 0 Å². The maximum atomic E-state index is 10.7. The molecule has 0 aliphatic rings. The van der Waals surface area contributed by atoms with E-state index in [-0.39, 0.29) is 12.0 Å². The molecular weight excluding hydrogens is 142 g/mol. The molecule has 0 spiro atoms. The zero-order valence-corrected chi connectivity index (χ0v) is 6.88. The largest absolute Gasteiger partial charge is 0.469 e. The number of carbonyl (C=O) groups excluding carboxylic acids is 1. The molecule has 0 fully saturated rings.